The highest BCUT2D eigenvalue weighted by Gasteiger charge is 2.21. The van der Waals surface area contributed by atoms with Gasteiger partial charge in [-0.3, -0.25) is 4.79 Å². The van der Waals surface area contributed by atoms with Crippen molar-refractivity contribution in [3.63, 3.8) is 0 Å². The van der Waals surface area contributed by atoms with Crippen molar-refractivity contribution >= 4 is 5.91 Å². The van der Waals surface area contributed by atoms with E-state index in [4.69, 9.17) is 0 Å². The molecular formula is C14H19NO3. The molecule has 0 unspecified atom stereocenters. The molecule has 1 aromatic carbocycles. The first kappa shape index (κ1) is 12.9. The monoisotopic (exact) mass is 249 g/mol. The molecule has 18 heavy (non-hydrogen) atoms. The van der Waals surface area contributed by atoms with E-state index >= 15 is 0 Å². The van der Waals surface area contributed by atoms with Gasteiger partial charge < -0.3 is 15.5 Å². The van der Waals surface area contributed by atoms with E-state index in [1.54, 1.807) is 19.1 Å². The smallest absolute Gasteiger partial charge is 0.251 e. The second-order valence-corrected chi connectivity index (χ2v) is 4.98. The van der Waals surface area contributed by atoms with Crippen LogP contribution in [0.3, 0.4) is 0 Å². The summed E-state index contributed by atoms with van der Waals surface area (Å²) in [5.74, 6) is 0.0683. The molecule has 1 aliphatic rings. The molecule has 3 N–H and O–H groups in total. The predicted molar refractivity (Wildman–Crippen MR) is 68.6 cm³/mol. The van der Waals surface area contributed by atoms with Crippen LogP contribution in [0.2, 0.25) is 0 Å². The highest BCUT2D eigenvalue weighted by atomic mass is 16.3. The molecule has 4 nitrogen and oxygen atoms in total. The topological polar surface area (TPSA) is 69.6 Å². The van der Waals surface area contributed by atoms with Crippen molar-refractivity contribution < 1.29 is 15.0 Å². The summed E-state index contributed by atoms with van der Waals surface area (Å²) in [7, 11) is 0. The molecule has 0 spiro atoms. The van der Waals surface area contributed by atoms with Crippen LogP contribution >= 0.6 is 0 Å². The summed E-state index contributed by atoms with van der Waals surface area (Å²) < 4.78 is 0. The average Bonchev–Trinajstić information content (AvgIpc) is 2.32. The lowest BCUT2D eigenvalue weighted by atomic mass is 9.93. The Bertz CT molecular complexity index is 437. The number of benzene rings is 1. The quantitative estimate of drug-likeness (QED) is 0.747. The highest BCUT2D eigenvalue weighted by Crippen LogP contribution is 2.20. The third-order valence-corrected chi connectivity index (χ3v) is 3.49. The van der Waals surface area contributed by atoms with Crippen LogP contribution in [-0.4, -0.2) is 28.3 Å². The van der Waals surface area contributed by atoms with Gasteiger partial charge in [0.25, 0.3) is 5.91 Å². The van der Waals surface area contributed by atoms with E-state index in [0.717, 1.165) is 31.2 Å². The summed E-state index contributed by atoms with van der Waals surface area (Å²) in [5, 5.41) is 21.7. The fourth-order valence-electron chi connectivity index (χ4n) is 2.39. The molecule has 0 radical (unpaired) electrons. The Balaban J connectivity index is 1.99. The maximum atomic E-state index is 12.1. The van der Waals surface area contributed by atoms with Crippen molar-refractivity contribution in [2.45, 2.75) is 44.8 Å². The number of carbonyl (C=O) groups excluding carboxylic acids is 1. The maximum Gasteiger partial charge on any atom is 0.251 e. The minimum Gasteiger partial charge on any atom is -0.508 e. The van der Waals surface area contributed by atoms with Gasteiger partial charge in [-0.2, -0.15) is 0 Å². The minimum absolute atomic E-state index is 0.103. The summed E-state index contributed by atoms with van der Waals surface area (Å²) in [5.41, 5.74) is 1.36. The van der Waals surface area contributed by atoms with Crippen LogP contribution in [0.25, 0.3) is 0 Å². The van der Waals surface area contributed by atoms with Crippen LogP contribution in [0.15, 0.2) is 18.2 Å². The minimum atomic E-state index is -0.214. The van der Waals surface area contributed by atoms with Gasteiger partial charge in [-0.25, -0.2) is 0 Å². The number of phenols is 1. The second kappa shape index (κ2) is 5.40. The fourth-order valence-corrected chi connectivity index (χ4v) is 2.39. The molecule has 1 aliphatic carbocycles. The number of aromatic hydroxyl groups is 1. The molecule has 0 aromatic heterocycles. The van der Waals surface area contributed by atoms with Crippen molar-refractivity contribution in [3.05, 3.63) is 29.3 Å². The summed E-state index contributed by atoms with van der Waals surface area (Å²) in [6.45, 7) is 1.80. The van der Waals surface area contributed by atoms with Gasteiger partial charge in [-0.15, -0.1) is 0 Å². The van der Waals surface area contributed by atoms with E-state index in [1.807, 2.05) is 0 Å². The number of aliphatic hydroxyl groups is 1. The Hall–Kier alpha value is -1.55. The van der Waals surface area contributed by atoms with Crippen molar-refractivity contribution in [3.8, 4) is 5.75 Å². The Morgan fingerprint density at radius 1 is 1.28 bits per heavy atom. The van der Waals surface area contributed by atoms with Crippen LogP contribution in [0.5, 0.6) is 5.75 Å². The molecule has 2 rings (SSSR count). The van der Waals surface area contributed by atoms with Gasteiger partial charge in [0, 0.05) is 11.6 Å². The van der Waals surface area contributed by atoms with Gasteiger partial charge in [0.05, 0.1) is 6.10 Å². The zero-order valence-electron chi connectivity index (χ0n) is 10.5. The van der Waals surface area contributed by atoms with E-state index in [1.165, 1.54) is 6.07 Å². The zero-order valence-corrected chi connectivity index (χ0v) is 10.5. The zero-order chi connectivity index (χ0) is 13.1. The summed E-state index contributed by atoms with van der Waals surface area (Å²) in [6, 6.07) is 4.89. The average molecular weight is 249 g/mol. The number of carbonyl (C=O) groups is 1. The molecular weight excluding hydrogens is 230 g/mol. The molecule has 1 saturated carbocycles. The Morgan fingerprint density at radius 3 is 2.56 bits per heavy atom. The van der Waals surface area contributed by atoms with E-state index in [0.29, 0.717) is 5.56 Å². The van der Waals surface area contributed by atoms with Crippen LogP contribution in [-0.2, 0) is 0 Å². The van der Waals surface area contributed by atoms with Gasteiger partial charge in [-0.1, -0.05) is 0 Å². The number of phenolic OH excluding ortho intramolecular Hbond substituents is 1. The second-order valence-electron chi connectivity index (χ2n) is 4.98. The first-order valence-corrected chi connectivity index (χ1v) is 6.35. The van der Waals surface area contributed by atoms with E-state index in [2.05, 4.69) is 5.32 Å². The third-order valence-electron chi connectivity index (χ3n) is 3.49. The molecule has 0 atom stereocenters. The van der Waals surface area contributed by atoms with Crippen molar-refractivity contribution in [1.82, 2.24) is 5.32 Å². The van der Waals surface area contributed by atoms with Gasteiger partial charge in [0.1, 0.15) is 5.75 Å². The molecule has 1 amide bonds. The van der Waals surface area contributed by atoms with Gasteiger partial charge in [0.2, 0.25) is 0 Å². The lowest BCUT2D eigenvalue weighted by Gasteiger charge is -2.26. The largest absolute Gasteiger partial charge is 0.508 e. The number of nitrogens with one attached hydrogen (secondary N) is 1. The Labute approximate surface area is 107 Å². The lowest BCUT2D eigenvalue weighted by molar-refractivity contribution is 0.0867. The predicted octanol–water partition coefficient (Wildman–Crippen LogP) is 1.73. The summed E-state index contributed by atoms with van der Waals surface area (Å²) >= 11 is 0. The highest BCUT2D eigenvalue weighted by molar-refractivity contribution is 5.95. The number of hydrogen-bond donors (Lipinski definition) is 3. The molecule has 1 fully saturated rings. The lowest BCUT2D eigenvalue weighted by Crippen LogP contribution is -2.38. The molecule has 98 valence electrons. The summed E-state index contributed by atoms with van der Waals surface area (Å²) in [4.78, 5) is 12.1. The number of rotatable bonds is 2. The van der Waals surface area contributed by atoms with Crippen LogP contribution < -0.4 is 5.32 Å². The Morgan fingerprint density at radius 2 is 1.94 bits per heavy atom. The van der Waals surface area contributed by atoms with Crippen LogP contribution in [0, 0.1) is 6.92 Å². The molecule has 4 heteroatoms. The van der Waals surface area contributed by atoms with Crippen molar-refractivity contribution in [1.29, 1.82) is 0 Å². The third kappa shape index (κ3) is 3.01. The Kier molecular flexibility index (Phi) is 3.87. The van der Waals surface area contributed by atoms with Crippen LogP contribution in [0.1, 0.15) is 41.6 Å². The van der Waals surface area contributed by atoms with Gasteiger partial charge in [-0.05, 0) is 56.4 Å². The van der Waals surface area contributed by atoms with Gasteiger partial charge >= 0.3 is 0 Å². The standard InChI is InChI=1S/C14H19NO3/c1-9-8-12(17)6-7-13(9)14(18)15-10-2-4-11(16)5-3-10/h6-8,10-11,16-17H,2-5H2,1H3,(H,15,18). The fraction of sp³-hybridized carbons (Fsp3) is 0.500. The molecule has 0 bridgehead atoms. The number of hydrogen-bond acceptors (Lipinski definition) is 3. The number of amides is 1. The molecule has 0 heterocycles. The summed E-state index contributed by atoms with van der Waals surface area (Å²) in [6.07, 6.45) is 2.93. The van der Waals surface area contributed by atoms with Crippen molar-refractivity contribution in [2.75, 3.05) is 0 Å². The maximum absolute atomic E-state index is 12.1. The number of aryl methyl sites for hydroxylation is 1. The number of aliphatic hydroxyl groups excluding tert-OH is 1. The van der Waals surface area contributed by atoms with Crippen LogP contribution in [0.4, 0.5) is 0 Å². The SMILES string of the molecule is Cc1cc(O)ccc1C(=O)NC1CCC(O)CC1. The normalized spacial score (nSPS) is 23.7. The van der Waals surface area contributed by atoms with E-state index < -0.39 is 0 Å². The first-order chi connectivity index (χ1) is 8.56. The van der Waals surface area contributed by atoms with Gasteiger partial charge in [0.15, 0.2) is 0 Å². The first-order valence-electron chi connectivity index (χ1n) is 6.35. The van der Waals surface area contributed by atoms with E-state index in [-0.39, 0.29) is 23.8 Å². The molecule has 0 aliphatic heterocycles. The molecule has 0 saturated heterocycles. The van der Waals surface area contributed by atoms with E-state index in [9.17, 15) is 15.0 Å². The molecule has 1 aromatic rings. The van der Waals surface area contributed by atoms with Crippen molar-refractivity contribution in [2.24, 2.45) is 0 Å².